The summed E-state index contributed by atoms with van der Waals surface area (Å²) in [6.45, 7) is 10.9. The Morgan fingerprint density at radius 1 is 1.06 bits per heavy atom. The monoisotopic (exact) mass is 242 g/mol. The highest BCUT2D eigenvalue weighted by Gasteiger charge is 1.93. The molecular weight excluding hydrogens is 212 g/mol. The van der Waals surface area contributed by atoms with Crippen LogP contribution in [-0.2, 0) is 9.53 Å². The lowest BCUT2D eigenvalue weighted by atomic mass is 10.2. The Labute approximate surface area is 107 Å². The summed E-state index contributed by atoms with van der Waals surface area (Å²) in [6.07, 6.45) is 9.06. The molecule has 0 bridgehead atoms. The van der Waals surface area contributed by atoms with Gasteiger partial charge in [-0.15, -0.1) is 0 Å². The van der Waals surface area contributed by atoms with Crippen LogP contribution in [0.5, 0.6) is 0 Å². The van der Waals surface area contributed by atoms with Crippen molar-refractivity contribution < 1.29 is 9.53 Å². The maximum absolute atomic E-state index is 10.3. The molecule has 2 heteroatoms. The Kier molecular flexibility index (Phi) is 16.6. The first kappa shape index (κ1) is 18.6. The quantitative estimate of drug-likeness (QED) is 0.361. The molecule has 0 aliphatic heterocycles. The van der Waals surface area contributed by atoms with Crippen LogP contribution >= 0.6 is 0 Å². The van der Waals surface area contributed by atoms with Crippen molar-refractivity contribution in [1.29, 1.82) is 0 Å². The average molecular weight is 242 g/mol. The minimum Gasteiger partial charge on any atom is -0.466 e. The molecule has 0 aliphatic carbocycles. The summed E-state index contributed by atoms with van der Waals surface area (Å²) < 4.78 is 4.70. The highest BCUT2D eigenvalue weighted by atomic mass is 16.5. The molecule has 2 nitrogen and oxygen atoms in total. The summed E-state index contributed by atoms with van der Waals surface area (Å²) in [5.41, 5.74) is 1.45. The summed E-state index contributed by atoms with van der Waals surface area (Å²) in [7, 11) is 0. The molecule has 0 amide bonds. The van der Waals surface area contributed by atoms with E-state index in [0.717, 1.165) is 6.42 Å². The predicted octanol–water partition coefficient (Wildman–Crippen LogP) is 4.88. The highest BCUT2D eigenvalue weighted by Crippen LogP contribution is 2.01. The summed E-state index contributed by atoms with van der Waals surface area (Å²) in [5, 5.41) is 0. The lowest BCUT2D eigenvalue weighted by Gasteiger charge is -1.97. The summed E-state index contributed by atoms with van der Waals surface area (Å²) in [4.78, 5) is 10.3. The van der Waals surface area contributed by atoms with Crippen LogP contribution in [0.15, 0.2) is 11.6 Å². The van der Waals surface area contributed by atoms with Gasteiger partial charge in [0.15, 0.2) is 0 Å². The Morgan fingerprint density at radius 3 is 2.12 bits per heavy atom. The molecule has 0 aromatic heterocycles. The second kappa shape index (κ2) is 15.2. The smallest absolute Gasteiger partial charge is 0.305 e. The van der Waals surface area contributed by atoms with Gasteiger partial charge in [0, 0.05) is 6.42 Å². The topological polar surface area (TPSA) is 26.3 Å². The Bertz CT molecular complexity index is 191. The molecule has 0 unspecified atom stereocenters. The Balaban J connectivity index is 0. The second-order valence-electron chi connectivity index (χ2n) is 4.35. The number of rotatable bonds is 7. The molecule has 0 fully saturated rings. The van der Waals surface area contributed by atoms with E-state index in [1.165, 1.54) is 31.3 Å². The number of ether oxygens (including phenoxy) is 1. The molecule has 0 radical (unpaired) electrons. The van der Waals surface area contributed by atoms with E-state index in [1.807, 2.05) is 6.92 Å². The molecule has 0 heterocycles. The van der Waals surface area contributed by atoms with Crippen molar-refractivity contribution in [2.75, 3.05) is 6.61 Å². The molecule has 102 valence electrons. The summed E-state index contributed by atoms with van der Waals surface area (Å²) in [5.74, 6) is -0.105. The maximum Gasteiger partial charge on any atom is 0.305 e. The lowest BCUT2D eigenvalue weighted by molar-refractivity contribution is -0.143. The summed E-state index contributed by atoms with van der Waals surface area (Å²) in [6, 6.07) is 0. The van der Waals surface area contributed by atoms with Gasteiger partial charge >= 0.3 is 5.97 Å². The molecule has 0 aromatic carbocycles. The zero-order valence-corrected chi connectivity index (χ0v) is 12.3. The van der Waals surface area contributed by atoms with E-state index in [1.54, 1.807) is 6.92 Å². The predicted molar refractivity (Wildman–Crippen MR) is 75.1 cm³/mol. The van der Waals surface area contributed by atoms with Crippen molar-refractivity contribution in [2.45, 2.75) is 73.1 Å². The molecule has 0 aliphatic rings. The molecular formula is C15H30O2. The van der Waals surface area contributed by atoms with Gasteiger partial charge in [-0.2, -0.15) is 0 Å². The largest absolute Gasteiger partial charge is 0.466 e. The minimum absolute atomic E-state index is 0.105. The number of hydrogen-bond donors (Lipinski definition) is 0. The fourth-order valence-corrected chi connectivity index (χ4v) is 1.10. The van der Waals surface area contributed by atoms with Gasteiger partial charge in [-0.1, -0.05) is 45.3 Å². The van der Waals surface area contributed by atoms with Crippen molar-refractivity contribution in [3.8, 4) is 0 Å². The SMILES string of the molecule is CCCCCC=C(C)C.CCCOC(=O)CC. The van der Waals surface area contributed by atoms with Crippen LogP contribution in [0.1, 0.15) is 73.1 Å². The van der Waals surface area contributed by atoms with E-state index in [0.29, 0.717) is 13.0 Å². The molecule has 0 spiro atoms. The fraction of sp³-hybridized carbons (Fsp3) is 0.800. The van der Waals surface area contributed by atoms with Crippen LogP contribution in [0.25, 0.3) is 0 Å². The van der Waals surface area contributed by atoms with E-state index in [4.69, 9.17) is 4.74 Å². The number of carbonyl (C=O) groups is 1. The van der Waals surface area contributed by atoms with Gasteiger partial charge in [-0.05, 0) is 33.1 Å². The Morgan fingerprint density at radius 2 is 1.71 bits per heavy atom. The number of esters is 1. The first-order chi connectivity index (χ1) is 8.08. The van der Waals surface area contributed by atoms with Crippen LogP contribution in [0.3, 0.4) is 0 Å². The van der Waals surface area contributed by atoms with E-state index in [2.05, 4.69) is 26.8 Å². The van der Waals surface area contributed by atoms with Crippen LogP contribution in [-0.4, -0.2) is 12.6 Å². The standard InChI is InChI=1S/C9H18.C6H12O2/c1-4-5-6-7-8-9(2)3;1-3-5-8-6(7)4-2/h8H,4-7H2,1-3H3;3-5H2,1-2H3. The maximum atomic E-state index is 10.3. The number of hydrogen-bond acceptors (Lipinski definition) is 2. The van der Waals surface area contributed by atoms with Crippen LogP contribution < -0.4 is 0 Å². The zero-order valence-electron chi connectivity index (χ0n) is 12.3. The molecule has 0 saturated carbocycles. The van der Waals surface area contributed by atoms with Crippen molar-refractivity contribution >= 4 is 5.97 Å². The van der Waals surface area contributed by atoms with Gasteiger partial charge in [0.2, 0.25) is 0 Å². The van der Waals surface area contributed by atoms with E-state index in [-0.39, 0.29) is 5.97 Å². The van der Waals surface area contributed by atoms with Crippen molar-refractivity contribution in [3.05, 3.63) is 11.6 Å². The van der Waals surface area contributed by atoms with Crippen molar-refractivity contribution in [1.82, 2.24) is 0 Å². The molecule has 0 saturated heterocycles. The fourth-order valence-electron chi connectivity index (χ4n) is 1.10. The van der Waals surface area contributed by atoms with Gasteiger partial charge < -0.3 is 4.74 Å². The van der Waals surface area contributed by atoms with Gasteiger partial charge in [0.25, 0.3) is 0 Å². The normalized spacial score (nSPS) is 9.00. The molecule has 0 N–H and O–H groups in total. The highest BCUT2D eigenvalue weighted by molar-refractivity contribution is 5.68. The second-order valence-corrected chi connectivity index (χ2v) is 4.35. The average Bonchev–Trinajstić information content (AvgIpc) is 2.32. The summed E-state index contributed by atoms with van der Waals surface area (Å²) >= 11 is 0. The van der Waals surface area contributed by atoms with Crippen LogP contribution in [0, 0.1) is 0 Å². The van der Waals surface area contributed by atoms with Crippen molar-refractivity contribution in [2.24, 2.45) is 0 Å². The number of carbonyl (C=O) groups excluding carboxylic acids is 1. The van der Waals surface area contributed by atoms with Gasteiger partial charge in [0.05, 0.1) is 6.61 Å². The Hall–Kier alpha value is -0.790. The first-order valence-electron chi connectivity index (χ1n) is 6.87. The van der Waals surface area contributed by atoms with Gasteiger partial charge in [-0.25, -0.2) is 0 Å². The third kappa shape index (κ3) is 21.1. The number of allylic oxidation sites excluding steroid dienone is 2. The van der Waals surface area contributed by atoms with Crippen LogP contribution in [0.4, 0.5) is 0 Å². The van der Waals surface area contributed by atoms with E-state index >= 15 is 0 Å². The molecule has 0 rings (SSSR count). The van der Waals surface area contributed by atoms with Crippen LogP contribution in [0.2, 0.25) is 0 Å². The van der Waals surface area contributed by atoms with Gasteiger partial charge in [0.1, 0.15) is 0 Å². The zero-order chi connectivity index (χ0) is 13.5. The third-order valence-corrected chi connectivity index (χ3v) is 2.12. The van der Waals surface area contributed by atoms with E-state index in [9.17, 15) is 4.79 Å². The minimum atomic E-state index is -0.105. The van der Waals surface area contributed by atoms with Gasteiger partial charge in [-0.3, -0.25) is 4.79 Å². The molecule has 0 aromatic rings. The molecule has 17 heavy (non-hydrogen) atoms. The lowest BCUT2D eigenvalue weighted by Crippen LogP contribution is -2.02. The number of unbranched alkanes of at least 4 members (excludes halogenated alkanes) is 3. The van der Waals surface area contributed by atoms with E-state index < -0.39 is 0 Å². The van der Waals surface area contributed by atoms with Crippen molar-refractivity contribution in [3.63, 3.8) is 0 Å². The molecule has 0 atom stereocenters. The first-order valence-corrected chi connectivity index (χ1v) is 6.87. The third-order valence-electron chi connectivity index (χ3n) is 2.12.